The molecular weight excluding hydrogens is 320 g/mol. The molecule has 0 radical (unpaired) electrons. The summed E-state index contributed by atoms with van der Waals surface area (Å²) in [7, 11) is 1.91. The zero-order chi connectivity index (χ0) is 18.4. The first-order chi connectivity index (χ1) is 12.7. The number of nitrogens with two attached hydrogens (primary N) is 1. The minimum Gasteiger partial charge on any atom is -0.399 e. The highest BCUT2D eigenvalue weighted by molar-refractivity contribution is 5.94. The van der Waals surface area contributed by atoms with Crippen LogP contribution in [0.3, 0.4) is 0 Å². The van der Waals surface area contributed by atoms with E-state index in [0.717, 1.165) is 33.8 Å². The minimum absolute atomic E-state index is 0.740. The number of hydrogen-bond acceptors (Lipinski definition) is 4. The molecule has 1 heterocycles. The molecule has 0 aliphatic heterocycles. The number of aromatic nitrogens is 1. The predicted molar refractivity (Wildman–Crippen MR) is 110 cm³/mol. The molecule has 26 heavy (non-hydrogen) atoms. The second-order valence-electron chi connectivity index (χ2n) is 6.00. The van der Waals surface area contributed by atoms with Crippen molar-refractivity contribution >= 4 is 23.3 Å². The Balaban J connectivity index is 2.12. The molecule has 0 amide bonds. The maximum atomic E-state index is 5.77. The number of benzene rings is 2. The van der Waals surface area contributed by atoms with Crippen LogP contribution in [0.5, 0.6) is 0 Å². The van der Waals surface area contributed by atoms with Gasteiger partial charge in [0.05, 0.1) is 11.4 Å². The van der Waals surface area contributed by atoms with Crippen LogP contribution in [0, 0.1) is 6.92 Å². The smallest absolute Gasteiger partial charge is 0.0939 e. The van der Waals surface area contributed by atoms with E-state index in [9.17, 15) is 0 Å². The second kappa shape index (κ2) is 8.12. The summed E-state index contributed by atoms with van der Waals surface area (Å²) in [4.78, 5) is 8.92. The van der Waals surface area contributed by atoms with E-state index in [4.69, 9.17) is 10.7 Å². The first-order valence-corrected chi connectivity index (χ1v) is 8.46. The largest absolute Gasteiger partial charge is 0.399 e. The highest BCUT2D eigenvalue weighted by Gasteiger charge is 2.10. The number of aliphatic imine (C=N–C) groups is 1. The van der Waals surface area contributed by atoms with Gasteiger partial charge in [-0.15, -0.1) is 0 Å². The molecule has 3 rings (SSSR count). The Morgan fingerprint density at radius 3 is 2.38 bits per heavy atom. The van der Waals surface area contributed by atoms with Gasteiger partial charge in [-0.3, -0.25) is 9.98 Å². The SMILES string of the molecule is CN/C(=C(\N=Cc1ccc(N)cc1)c1cccc(C)c1)c1ccncc1. The lowest BCUT2D eigenvalue weighted by molar-refractivity contribution is 1.12. The van der Waals surface area contributed by atoms with Gasteiger partial charge in [0.2, 0.25) is 0 Å². The Kier molecular flexibility index (Phi) is 5.44. The lowest BCUT2D eigenvalue weighted by Crippen LogP contribution is -2.08. The van der Waals surface area contributed by atoms with Crippen LogP contribution >= 0.6 is 0 Å². The fourth-order valence-corrected chi connectivity index (χ4v) is 2.71. The second-order valence-corrected chi connectivity index (χ2v) is 6.00. The Morgan fingerprint density at radius 2 is 1.73 bits per heavy atom. The van der Waals surface area contributed by atoms with Gasteiger partial charge in [-0.1, -0.05) is 35.9 Å². The first kappa shape index (κ1) is 17.4. The molecule has 0 atom stereocenters. The van der Waals surface area contributed by atoms with Gasteiger partial charge in [0.25, 0.3) is 0 Å². The molecule has 0 spiro atoms. The standard InChI is InChI=1S/C22H22N4/c1-16-4-3-5-19(14-16)22(21(24-2)18-10-12-25-13-11-18)26-15-17-6-8-20(23)9-7-17/h3-15,24H,23H2,1-2H3/b22-21-,26-15?. The molecule has 1 aromatic heterocycles. The molecular formula is C22H22N4. The average molecular weight is 342 g/mol. The molecule has 0 unspecified atom stereocenters. The summed E-state index contributed by atoms with van der Waals surface area (Å²) in [6.07, 6.45) is 5.42. The lowest BCUT2D eigenvalue weighted by atomic mass is 10.0. The zero-order valence-corrected chi connectivity index (χ0v) is 15.0. The summed E-state index contributed by atoms with van der Waals surface area (Å²) in [5, 5.41) is 3.30. The fourth-order valence-electron chi connectivity index (χ4n) is 2.71. The zero-order valence-electron chi connectivity index (χ0n) is 15.0. The van der Waals surface area contributed by atoms with Crippen molar-refractivity contribution < 1.29 is 0 Å². The van der Waals surface area contributed by atoms with Crippen molar-refractivity contribution in [1.82, 2.24) is 10.3 Å². The fraction of sp³-hybridized carbons (Fsp3) is 0.0909. The summed E-state index contributed by atoms with van der Waals surface area (Å²) in [6.45, 7) is 2.08. The van der Waals surface area contributed by atoms with Crippen molar-refractivity contribution in [3.8, 4) is 0 Å². The van der Waals surface area contributed by atoms with Crippen LogP contribution in [-0.4, -0.2) is 18.2 Å². The van der Waals surface area contributed by atoms with Crippen LogP contribution in [0.25, 0.3) is 11.4 Å². The molecule has 0 fully saturated rings. The normalized spacial score (nSPS) is 12.1. The molecule has 3 N–H and O–H groups in total. The Bertz CT molecular complexity index is 926. The molecule has 2 aromatic carbocycles. The summed E-state index contributed by atoms with van der Waals surface area (Å²) < 4.78 is 0. The van der Waals surface area contributed by atoms with Crippen LogP contribution in [-0.2, 0) is 0 Å². The van der Waals surface area contributed by atoms with Crippen molar-refractivity contribution in [1.29, 1.82) is 0 Å². The van der Waals surface area contributed by atoms with Gasteiger partial charge in [0, 0.05) is 42.5 Å². The van der Waals surface area contributed by atoms with Crippen LogP contribution in [0.1, 0.15) is 22.3 Å². The highest BCUT2D eigenvalue weighted by Crippen LogP contribution is 2.26. The molecule has 0 aliphatic rings. The van der Waals surface area contributed by atoms with Gasteiger partial charge in [-0.25, -0.2) is 0 Å². The monoisotopic (exact) mass is 342 g/mol. The van der Waals surface area contributed by atoms with E-state index in [2.05, 4.69) is 35.4 Å². The van der Waals surface area contributed by atoms with Crippen LogP contribution < -0.4 is 11.1 Å². The summed E-state index contributed by atoms with van der Waals surface area (Å²) >= 11 is 0. The first-order valence-electron chi connectivity index (χ1n) is 8.46. The maximum absolute atomic E-state index is 5.77. The van der Waals surface area contributed by atoms with Crippen molar-refractivity contribution in [2.24, 2.45) is 4.99 Å². The Labute approximate surface area is 154 Å². The van der Waals surface area contributed by atoms with E-state index in [1.807, 2.05) is 55.7 Å². The van der Waals surface area contributed by atoms with Crippen LogP contribution in [0.2, 0.25) is 0 Å². The Morgan fingerprint density at radius 1 is 1.00 bits per heavy atom. The van der Waals surface area contributed by atoms with Gasteiger partial charge >= 0.3 is 0 Å². The van der Waals surface area contributed by atoms with E-state index in [1.165, 1.54) is 5.56 Å². The average Bonchev–Trinajstić information content (AvgIpc) is 2.67. The van der Waals surface area contributed by atoms with E-state index in [1.54, 1.807) is 12.4 Å². The molecule has 4 nitrogen and oxygen atoms in total. The van der Waals surface area contributed by atoms with Gasteiger partial charge in [-0.2, -0.15) is 0 Å². The molecule has 130 valence electrons. The lowest BCUT2D eigenvalue weighted by Gasteiger charge is -2.13. The van der Waals surface area contributed by atoms with Gasteiger partial charge < -0.3 is 11.1 Å². The molecule has 0 bridgehead atoms. The van der Waals surface area contributed by atoms with E-state index >= 15 is 0 Å². The third-order valence-electron chi connectivity index (χ3n) is 4.03. The van der Waals surface area contributed by atoms with Crippen molar-refractivity contribution in [2.45, 2.75) is 6.92 Å². The van der Waals surface area contributed by atoms with E-state index in [0.29, 0.717) is 0 Å². The van der Waals surface area contributed by atoms with Crippen molar-refractivity contribution in [2.75, 3.05) is 12.8 Å². The topological polar surface area (TPSA) is 63.3 Å². The number of pyridine rings is 1. The summed E-state index contributed by atoms with van der Waals surface area (Å²) in [5.41, 5.74) is 12.6. The molecule has 4 heteroatoms. The number of nitrogen functional groups attached to an aromatic ring is 1. The van der Waals surface area contributed by atoms with E-state index < -0.39 is 0 Å². The minimum atomic E-state index is 0.740. The molecule has 0 saturated carbocycles. The number of hydrogen-bond donors (Lipinski definition) is 2. The van der Waals surface area contributed by atoms with Crippen LogP contribution in [0.4, 0.5) is 5.69 Å². The summed E-state index contributed by atoms with van der Waals surface area (Å²) in [6, 6.07) is 19.9. The third-order valence-corrected chi connectivity index (χ3v) is 4.03. The maximum Gasteiger partial charge on any atom is 0.0939 e. The molecule has 3 aromatic rings. The number of anilines is 1. The highest BCUT2D eigenvalue weighted by atomic mass is 14.9. The van der Waals surface area contributed by atoms with Crippen molar-refractivity contribution in [3.63, 3.8) is 0 Å². The van der Waals surface area contributed by atoms with Gasteiger partial charge in [0.1, 0.15) is 0 Å². The van der Waals surface area contributed by atoms with Crippen LogP contribution in [0.15, 0.2) is 78.0 Å². The van der Waals surface area contributed by atoms with Gasteiger partial charge in [-0.05, 0) is 42.8 Å². The van der Waals surface area contributed by atoms with Crippen molar-refractivity contribution in [3.05, 3.63) is 95.3 Å². The molecule has 0 saturated heterocycles. The Hall–Kier alpha value is -3.40. The number of aryl methyl sites for hydroxylation is 1. The third kappa shape index (κ3) is 4.16. The molecule has 0 aliphatic carbocycles. The number of nitrogens with zero attached hydrogens (tertiary/aromatic N) is 2. The predicted octanol–water partition coefficient (Wildman–Crippen LogP) is 4.14. The number of rotatable bonds is 5. The quantitative estimate of drug-likeness (QED) is 0.541. The van der Waals surface area contributed by atoms with E-state index in [-0.39, 0.29) is 0 Å². The number of nitrogens with one attached hydrogen (secondary N) is 1. The summed E-state index contributed by atoms with van der Waals surface area (Å²) in [5.74, 6) is 0. The van der Waals surface area contributed by atoms with Gasteiger partial charge in [0.15, 0.2) is 0 Å².